The van der Waals surface area contributed by atoms with Gasteiger partial charge in [0.1, 0.15) is 11.6 Å². The monoisotopic (exact) mass is 311 g/mol. The van der Waals surface area contributed by atoms with E-state index in [9.17, 15) is 8.78 Å². The zero-order chi connectivity index (χ0) is 16.4. The van der Waals surface area contributed by atoms with Crippen LogP contribution in [0.25, 0.3) is 10.8 Å². The molecule has 0 heterocycles. The standard InChI is InChI=1S/C18H15F2N3/c1-11-6-7-15(20)17(10-11)23-18(21)22-16-9-8-14(19)12-4-2-3-5-13(12)16/h2-10H,1H3,(H3,21,22,23). The molecule has 0 aliphatic rings. The first-order chi connectivity index (χ1) is 11.0. The summed E-state index contributed by atoms with van der Waals surface area (Å²) in [5, 5.41) is 3.84. The van der Waals surface area contributed by atoms with Crippen LogP contribution in [0.1, 0.15) is 5.56 Å². The molecule has 0 amide bonds. The smallest absolute Gasteiger partial charge is 0.198 e. The summed E-state index contributed by atoms with van der Waals surface area (Å²) in [5.41, 5.74) is 7.52. The van der Waals surface area contributed by atoms with Crippen LogP contribution in [0.4, 0.5) is 20.2 Å². The van der Waals surface area contributed by atoms with Crippen molar-refractivity contribution in [3.8, 4) is 0 Å². The largest absolute Gasteiger partial charge is 0.369 e. The number of nitrogens with zero attached hydrogens (tertiary/aromatic N) is 1. The van der Waals surface area contributed by atoms with E-state index in [0.29, 0.717) is 16.5 Å². The molecule has 3 aromatic carbocycles. The summed E-state index contributed by atoms with van der Waals surface area (Å²) in [7, 11) is 0. The summed E-state index contributed by atoms with van der Waals surface area (Å²) in [6.45, 7) is 1.85. The van der Waals surface area contributed by atoms with E-state index in [4.69, 9.17) is 5.73 Å². The van der Waals surface area contributed by atoms with Crippen LogP contribution in [0.15, 0.2) is 59.6 Å². The summed E-state index contributed by atoms with van der Waals surface area (Å²) >= 11 is 0. The fraction of sp³-hybridized carbons (Fsp3) is 0.0556. The molecular formula is C18H15F2N3. The molecule has 0 saturated carbocycles. The van der Waals surface area contributed by atoms with Crippen LogP contribution in [0.3, 0.4) is 0 Å². The second-order valence-electron chi connectivity index (χ2n) is 5.22. The van der Waals surface area contributed by atoms with Gasteiger partial charge in [-0.05, 0) is 36.8 Å². The van der Waals surface area contributed by atoms with Gasteiger partial charge in [0.25, 0.3) is 0 Å². The third-order valence-electron chi connectivity index (χ3n) is 3.47. The number of rotatable bonds is 2. The minimum Gasteiger partial charge on any atom is -0.369 e. The van der Waals surface area contributed by atoms with E-state index in [0.717, 1.165) is 5.56 Å². The van der Waals surface area contributed by atoms with Crippen molar-refractivity contribution < 1.29 is 8.78 Å². The zero-order valence-electron chi connectivity index (χ0n) is 12.5. The van der Waals surface area contributed by atoms with E-state index < -0.39 is 5.82 Å². The Morgan fingerprint density at radius 2 is 1.65 bits per heavy atom. The predicted molar refractivity (Wildman–Crippen MR) is 89.9 cm³/mol. The summed E-state index contributed by atoms with van der Waals surface area (Å²) in [4.78, 5) is 4.24. The number of hydrogen-bond acceptors (Lipinski definition) is 1. The van der Waals surface area contributed by atoms with Gasteiger partial charge in [-0.1, -0.05) is 30.3 Å². The van der Waals surface area contributed by atoms with Crippen molar-refractivity contribution in [2.45, 2.75) is 6.92 Å². The zero-order valence-corrected chi connectivity index (χ0v) is 12.5. The van der Waals surface area contributed by atoms with Crippen molar-refractivity contribution >= 4 is 28.1 Å². The molecule has 3 N–H and O–H groups in total. The van der Waals surface area contributed by atoms with Crippen molar-refractivity contribution in [2.24, 2.45) is 10.7 Å². The predicted octanol–water partition coefficient (Wildman–Crippen LogP) is 4.48. The first-order valence-corrected chi connectivity index (χ1v) is 7.09. The third kappa shape index (κ3) is 3.13. The number of anilines is 1. The van der Waals surface area contributed by atoms with Crippen LogP contribution in [0.2, 0.25) is 0 Å². The first kappa shape index (κ1) is 15.0. The second kappa shape index (κ2) is 6.04. The Kier molecular flexibility index (Phi) is 3.93. The quantitative estimate of drug-likeness (QED) is 0.541. The Balaban J connectivity index is 1.98. The normalized spacial score (nSPS) is 11.7. The number of hydrogen-bond donors (Lipinski definition) is 2. The summed E-state index contributed by atoms with van der Waals surface area (Å²) in [6.07, 6.45) is 0. The van der Waals surface area contributed by atoms with Crippen molar-refractivity contribution in [2.75, 3.05) is 5.32 Å². The highest BCUT2D eigenvalue weighted by Crippen LogP contribution is 2.28. The SMILES string of the molecule is Cc1ccc(F)c(NC(N)=Nc2ccc(F)c3ccccc23)c1. The molecule has 0 radical (unpaired) electrons. The average Bonchev–Trinajstić information content (AvgIpc) is 2.54. The van der Waals surface area contributed by atoms with Gasteiger partial charge in [-0.3, -0.25) is 0 Å². The maximum atomic E-state index is 13.8. The molecule has 0 fully saturated rings. The highest BCUT2D eigenvalue weighted by molar-refractivity contribution is 5.99. The Morgan fingerprint density at radius 1 is 0.957 bits per heavy atom. The van der Waals surface area contributed by atoms with Gasteiger partial charge in [-0.15, -0.1) is 0 Å². The van der Waals surface area contributed by atoms with Crippen LogP contribution in [0.5, 0.6) is 0 Å². The summed E-state index contributed by atoms with van der Waals surface area (Å²) in [5.74, 6) is -0.709. The molecule has 3 aromatic rings. The van der Waals surface area contributed by atoms with Crippen LogP contribution in [-0.2, 0) is 0 Å². The topological polar surface area (TPSA) is 50.4 Å². The van der Waals surface area contributed by atoms with E-state index in [2.05, 4.69) is 10.3 Å². The number of halogens is 2. The van der Waals surface area contributed by atoms with Crippen LogP contribution >= 0.6 is 0 Å². The lowest BCUT2D eigenvalue weighted by Gasteiger charge is -2.09. The van der Waals surface area contributed by atoms with Crippen molar-refractivity contribution in [1.29, 1.82) is 0 Å². The molecule has 3 rings (SSSR count). The average molecular weight is 311 g/mol. The molecule has 0 aromatic heterocycles. The van der Waals surface area contributed by atoms with Crippen LogP contribution in [-0.4, -0.2) is 5.96 Å². The van der Waals surface area contributed by atoms with Crippen molar-refractivity contribution in [3.63, 3.8) is 0 Å². The van der Waals surface area contributed by atoms with Gasteiger partial charge in [0, 0.05) is 10.8 Å². The molecular weight excluding hydrogens is 296 g/mol. The van der Waals surface area contributed by atoms with Crippen molar-refractivity contribution in [1.82, 2.24) is 0 Å². The lowest BCUT2D eigenvalue weighted by Crippen LogP contribution is -2.22. The number of aliphatic imine (C=N–C) groups is 1. The van der Waals surface area contributed by atoms with E-state index in [1.54, 1.807) is 42.5 Å². The van der Waals surface area contributed by atoms with Crippen molar-refractivity contribution in [3.05, 3.63) is 71.8 Å². The molecule has 0 spiro atoms. The minimum absolute atomic E-state index is 0.0336. The lowest BCUT2D eigenvalue weighted by molar-refractivity contribution is 0.631. The van der Waals surface area contributed by atoms with Gasteiger partial charge in [0.05, 0.1) is 11.4 Å². The summed E-state index contributed by atoms with van der Waals surface area (Å²) in [6, 6.07) is 14.5. The molecule has 23 heavy (non-hydrogen) atoms. The maximum Gasteiger partial charge on any atom is 0.198 e. The third-order valence-corrected chi connectivity index (χ3v) is 3.47. The van der Waals surface area contributed by atoms with Crippen LogP contribution in [0, 0.1) is 18.6 Å². The van der Waals surface area contributed by atoms with Gasteiger partial charge in [0.15, 0.2) is 5.96 Å². The molecule has 0 saturated heterocycles. The van der Waals surface area contributed by atoms with E-state index in [1.807, 2.05) is 6.92 Å². The second-order valence-corrected chi connectivity index (χ2v) is 5.22. The maximum absolute atomic E-state index is 13.8. The van der Waals surface area contributed by atoms with E-state index in [-0.39, 0.29) is 17.5 Å². The molecule has 3 nitrogen and oxygen atoms in total. The number of nitrogens with two attached hydrogens (primary N) is 1. The first-order valence-electron chi connectivity index (χ1n) is 7.09. The molecule has 0 unspecified atom stereocenters. The Hall–Kier alpha value is -2.95. The number of benzene rings is 3. The molecule has 0 aliphatic heterocycles. The van der Waals surface area contributed by atoms with E-state index >= 15 is 0 Å². The Bertz CT molecular complexity index is 904. The minimum atomic E-state index is -0.419. The van der Waals surface area contributed by atoms with Crippen LogP contribution < -0.4 is 11.1 Å². The molecule has 116 valence electrons. The number of nitrogens with one attached hydrogen (secondary N) is 1. The van der Waals surface area contributed by atoms with Gasteiger partial charge in [-0.2, -0.15) is 0 Å². The molecule has 0 aliphatic carbocycles. The number of guanidine groups is 1. The molecule has 5 heteroatoms. The summed E-state index contributed by atoms with van der Waals surface area (Å²) < 4.78 is 27.6. The highest BCUT2D eigenvalue weighted by Gasteiger charge is 2.07. The van der Waals surface area contributed by atoms with Gasteiger partial charge < -0.3 is 11.1 Å². The fourth-order valence-electron chi connectivity index (χ4n) is 2.37. The Morgan fingerprint density at radius 3 is 2.43 bits per heavy atom. The lowest BCUT2D eigenvalue weighted by atomic mass is 10.1. The van der Waals surface area contributed by atoms with Gasteiger partial charge >= 0.3 is 0 Å². The number of aryl methyl sites for hydroxylation is 1. The van der Waals surface area contributed by atoms with Gasteiger partial charge in [-0.25, -0.2) is 13.8 Å². The highest BCUT2D eigenvalue weighted by atomic mass is 19.1. The Labute approximate surface area is 132 Å². The fourth-order valence-corrected chi connectivity index (χ4v) is 2.37. The number of fused-ring (bicyclic) bond motifs is 1. The van der Waals surface area contributed by atoms with Gasteiger partial charge in [0.2, 0.25) is 0 Å². The van der Waals surface area contributed by atoms with E-state index in [1.165, 1.54) is 12.1 Å². The molecule has 0 bridgehead atoms. The molecule has 0 atom stereocenters.